The summed E-state index contributed by atoms with van der Waals surface area (Å²) < 4.78 is 17.2. The van der Waals surface area contributed by atoms with E-state index in [1.807, 2.05) is 27.2 Å². The van der Waals surface area contributed by atoms with Gasteiger partial charge in [0.05, 0.1) is 34.4 Å². The molecule has 8 heteroatoms. The first-order valence-electron chi connectivity index (χ1n) is 24.8. The number of carboxylic acid groups (broad SMARTS) is 1. The minimum absolute atomic E-state index is 0.0228. The number of aliphatic carboxylic acids is 1. The first-order chi connectivity index (χ1) is 31.6. The van der Waals surface area contributed by atoms with Crippen molar-refractivity contribution in [2.24, 2.45) is 0 Å². The van der Waals surface area contributed by atoms with Crippen LogP contribution < -0.4 is 0 Å². The number of ether oxygens (including phenoxy) is 3. The molecule has 65 heavy (non-hydrogen) atoms. The second-order valence-electron chi connectivity index (χ2n) is 17.1. The number of likely N-dealkylation sites (N-methyl/N-ethyl adjacent to an activating group) is 1. The van der Waals surface area contributed by atoms with E-state index in [4.69, 9.17) is 14.2 Å². The van der Waals surface area contributed by atoms with Gasteiger partial charge in [-0.05, 0) is 89.9 Å². The van der Waals surface area contributed by atoms with Gasteiger partial charge in [-0.15, -0.1) is 0 Å². The van der Waals surface area contributed by atoms with E-state index in [0.717, 1.165) is 96.3 Å². The number of carbonyl (C=O) groups is 3. The number of allylic oxidation sites excluding steroid dienone is 22. The molecule has 2 unspecified atom stereocenters. The van der Waals surface area contributed by atoms with Gasteiger partial charge in [-0.1, -0.05) is 180 Å². The molecule has 0 bridgehead atoms. The third kappa shape index (κ3) is 44.5. The summed E-state index contributed by atoms with van der Waals surface area (Å²) in [5.41, 5.74) is 0. The molecule has 0 aromatic carbocycles. The van der Waals surface area contributed by atoms with Crippen LogP contribution in [0.5, 0.6) is 0 Å². The average Bonchev–Trinajstić information content (AvgIpc) is 3.27. The Morgan fingerprint density at radius 1 is 0.492 bits per heavy atom. The molecule has 0 aliphatic heterocycles. The zero-order valence-electron chi connectivity index (χ0n) is 41.4. The first-order valence-corrected chi connectivity index (χ1v) is 24.8. The molecule has 364 valence electrons. The number of hydrogen-bond acceptors (Lipinski definition) is 6. The molecule has 0 fully saturated rings. The van der Waals surface area contributed by atoms with Crippen LogP contribution in [-0.4, -0.2) is 80.6 Å². The van der Waals surface area contributed by atoms with Gasteiger partial charge in [-0.25, -0.2) is 4.79 Å². The summed E-state index contributed by atoms with van der Waals surface area (Å²) in [5, 5.41) is 9.65. The molecule has 0 amide bonds. The SMILES string of the molecule is CC/C=C/C/C=C/C/C=C/C/C=C/C/C=C/C/C=C/C/C=C/CCCC(=O)OCC(COCCC(C(=O)O)[N+](C)(C)C)OC(=O)CCCCCCC/C=C/C=C/C=C/C=C/CCCCC. The average molecular weight is 901 g/mol. The predicted molar refractivity (Wildman–Crippen MR) is 275 cm³/mol. The smallest absolute Gasteiger partial charge is 0.362 e. The van der Waals surface area contributed by atoms with Gasteiger partial charge in [0, 0.05) is 19.3 Å². The van der Waals surface area contributed by atoms with Gasteiger partial charge < -0.3 is 23.8 Å². The van der Waals surface area contributed by atoms with Crippen LogP contribution in [0.3, 0.4) is 0 Å². The summed E-state index contributed by atoms with van der Waals surface area (Å²) in [6, 6.07) is -0.638. The second-order valence-corrected chi connectivity index (χ2v) is 17.1. The molecule has 0 aromatic heterocycles. The van der Waals surface area contributed by atoms with Crippen molar-refractivity contribution in [3.8, 4) is 0 Å². The Kier molecular flexibility index (Phi) is 42.8. The third-order valence-electron chi connectivity index (χ3n) is 10.1. The van der Waals surface area contributed by atoms with Crippen LogP contribution in [0.1, 0.15) is 155 Å². The number of hydrogen-bond donors (Lipinski definition) is 1. The van der Waals surface area contributed by atoms with Gasteiger partial charge in [0.15, 0.2) is 12.1 Å². The number of esters is 2. The Morgan fingerprint density at radius 2 is 0.938 bits per heavy atom. The quantitative estimate of drug-likeness (QED) is 0.0214. The van der Waals surface area contributed by atoms with E-state index in [1.54, 1.807) is 0 Å². The molecule has 0 saturated heterocycles. The highest BCUT2D eigenvalue weighted by molar-refractivity contribution is 5.72. The summed E-state index contributed by atoms with van der Waals surface area (Å²) in [4.78, 5) is 37.1. The van der Waals surface area contributed by atoms with Crippen LogP contribution in [0.25, 0.3) is 0 Å². The van der Waals surface area contributed by atoms with Gasteiger partial charge in [0.1, 0.15) is 6.61 Å². The Morgan fingerprint density at radius 3 is 1.45 bits per heavy atom. The maximum atomic E-state index is 12.8. The van der Waals surface area contributed by atoms with Crippen molar-refractivity contribution in [2.45, 2.75) is 167 Å². The van der Waals surface area contributed by atoms with E-state index < -0.39 is 18.1 Å². The third-order valence-corrected chi connectivity index (χ3v) is 10.1. The Bertz CT molecular complexity index is 1520. The number of rotatable bonds is 42. The van der Waals surface area contributed by atoms with Crippen molar-refractivity contribution in [3.63, 3.8) is 0 Å². The van der Waals surface area contributed by atoms with Crippen molar-refractivity contribution < 1.29 is 38.2 Å². The summed E-state index contributed by atoms with van der Waals surface area (Å²) in [5.74, 6) is -1.59. The number of unbranched alkanes of at least 4 members (excludes halogenated alkanes) is 9. The standard InChI is InChI=1S/C57H89NO7/c1-6-8-10-12-14-16-18-20-22-24-26-27-28-29-30-32-33-35-37-39-41-43-45-47-55(59)64-52-53(51-63-50-49-54(57(61)62)58(3,4)5)65-56(60)48-46-44-42-40-38-36-34-31-25-23-21-19-17-15-13-11-9-7-2/h8,10,14-17,19-23,25-27,29-31,33-35,39,41,53-54H,6-7,9,11-13,18,24,28,32,36-38,40,42-52H2,1-5H3/p+1/b10-8+,16-14+,17-15+,21-19+,22-20+,25-23+,27-26+,30-29+,34-31+,35-33+,41-39+. The van der Waals surface area contributed by atoms with Gasteiger partial charge >= 0.3 is 17.9 Å². The molecule has 0 aromatic rings. The molecule has 1 N–H and O–H groups in total. The number of quaternary nitrogens is 1. The Hall–Kier alpha value is -4.53. The van der Waals surface area contributed by atoms with Crippen molar-refractivity contribution >= 4 is 17.9 Å². The molecule has 0 rings (SSSR count). The maximum absolute atomic E-state index is 12.8. The van der Waals surface area contributed by atoms with E-state index in [-0.39, 0.29) is 49.1 Å². The lowest BCUT2D eigenvalue weighted by Gasteiger charge is -2.31. The highest BCUT2D eigenvalue weighted by atomic mass is 16.6. The predicted octanol–water partition coefficient (Wildman–Crippen LogP) is 14.4. The summed E-state index contributed by atoms with van der Waals surface area (Å²) in [7, 11) is 5.49. The largest absolute Gasteiger partial charge is 0.477 e. The van der Waals surface area contributed by atoms with Crippen molar-refractivity contribution in [3.05, 3.63) is 134 Å². The highest BCUT2D eigenvalue weighted by Gasteiger charge is 2.31. The fourth-order valence-electron chi connectivity index (χ4n) is 6.33. The van der Waals surface area contributed by atoms with Crippen LogP contribution in [0.15, 0.2) is 134 Å². The van der Waals surface area contributed by atoms with E-state index in [0.29, 0.717) is 12.8 Å². The van der Waals surface area contributed by atoms with Gasteiger partial charge in [0.25, 0.3) is 0 Å². The zero-order valence-corrected chi connectivity index (χ0v) is 41.4. The van der Waals surface area contributed by atoms with E-state index in [2.05, 4.69) is 141 Å². The Labute approximate surface area is 396 Å². The molecule has 2 atom stereocenters. The molecule has 8 nitrogen and oxygen atoms in total. The lowest BCUT2D eigenvalue weighted by atomic mass is 10.1. The lowest BCUT2D eigenvalue weighted by Crippen LogP contribution is -2.50. The van der Waals surface area contributed by atoms with Crippen LogP contribution >= 0.6 is 0 Å². The normalized spacial score (nSPS) is 14.0. The maximum Gasteiger partial charge on any atom is 0.362 e. The molecule has 0 heterocycles. The molecule has 0 saturated carbocycles. The van der Waals surface area contributed by atoms with Crippen molar-refractivity contribution in [1.82, 2.24) is 0 Å². The molecular formula is C57H90NO7+. The molecule has 0 aliphatic rings. The van der Waals surface area contributed by atoms with E-state index in [9.17, 15) is 19.5 Å². The molecule has 0 spiro atoms. The zero-order chi connectivity index (χ0) is 47.7. The molecule has 0 aliphatic carbocycles. The van der Waals surface area contributed by atoms with Crippen LogP contribution in [0, 0.1) is 0 Å². The number of carbonyl (C=O) groups excluding carboxylic acids is 2. The Balaban J connectivity index is 4.47. The van der Waals surface area contributed by atoms with Gasteiger partial charge in [-0.2, -0.15) is 0 Å². The minimum atomic E-state index is -0.893. The van der Waals surface area contributed by atoms with E-state index in [1.165, 1.54) is 19.3 Å². The minimum Gasteiger partial charge on any atom is -0.477 e. The van der Waals surface area contributed by atoms with Crippen molar-refractivity contribution in [1.29, 1.82) is 0 Å². The van der Waals surface area contributed by atoms with Crippen LogP contribution in [0.2, 0.25) is 0 Å². The summed E-state index contributed by atoms with van der Waals surface area (Å²) in [6.45, 7) is 4.47. The summed E-state index contributed by atoms with van der Waals surface area (Å²) >= 11 is 0. The first kappa shape index (κ1) is 60.5. The summed E-state index contributed by atoms with van der Waals surface area (Å²) in [6.07, 6.45) is 66.4. The number of nitrogens with zero attached hydrogens (tertiary/aromatic N) is 1. The fraction of sp³-hybridized carbons (Fsp3) is 0.561. The fourth-order valence-corrected chi connectivity index (χ4v) is 6.33. The molecule has 0 radical (unpaired) electrons. The lowest BCUT2D eigenvalue weighted by molar-refractivity contribution is -0.887. The van der Waals surface area contributed by atoms with Crippen LogP contribution in [0.4, 0.5) is 0 Å². The second kappa shape index (κ2) is 46.0. The topological polar surface area (TPSA) is 99.1 Å². The van der Waals surface area contributed by atoms with Gasteiger partial charge in [-0.3, -0.25) is 9.59 Å². The van der Waals surface area contributed by atoms with E-state index >= 15 is 0 Å². The monoisotopic (exact) mass is 901 g/mol. The number of carboxylic acids is 1. The highest BCUT2D eigenvalue weighted by Crippen LogP contribution is 2.12. The molecular weight excluding hydrogens is 811 g/mol. The van der Waals surface area contributed by atoms with Crippen LogP contribution in [-0.2, 0) is 28.6 Å². The van der Waals surface area contributed by atoms with Crippen molar-refractivity contribution in [2.75, 3.05) is 41.0 Å². The van der Waals surface area contributed by atoms with Gasteiger partial charge in [0.2, 0.25) is 0 Å².